The summed E-state index contributed by atoms with van der Waals surface area (Å²) in [7, 11) is 0. The predicted octanol–water partition coefficient (Wildman–Crippen LogP) is 7.78. The van der Waals surface area contributed by atoms with Crippen LogP contribution in [0.3, 0.4) is 0 Å². The highest BCUT2D eigenvalue weighted by Crippen LogP contribution is 2.23. The Kier molecular flexibility index (Phi) is 16.4. The van der Waals surface area contributed by atoms with Crippen molar-refractivity contribution >= 4 is 5.84 Å². The van der Waals surface area contributed by atoms with E-state index in [-0.39, 0.29) is 6.23 Å². The van der Waals surface area contributed by atoms with Gasteiger partial charge in [0.1, 0.15) is 6.54 Å². The van der Waals surface area contributed by atoms with Gasteiger partial charge in [-0.2, -0.15) is 0 Å². The maximum absolute atomic E-state index is 10.2. The van der Waals surface area contributed by atoms with Gasteiger partial charge < -0.3 is 5.11 Å². The van der Waals surface area contributed by atoms with Crippen LogP contribution in [0.15, 0.2) is 17.1 Å². The van der Waals surface area contributed by atoms with Crippen LogP contribution in [-0.2, 0) is 0 Å². The van der Waals surface area contributed by atoms with Gasteiger partial charge in [-0.1, -0.05) is 89.7 Å². The van der Waals surface area contributed by atoms with E-state index in [2.05, 4.69) is 26.0 Å². The van der Waals surface area contributed by atoms with Crippen molar-refractivity contribution in [3.8, 4) is 0 Å². The maximum atomic E-state index is 10.2. The fourth-order valence-corrected chi connectivity index (χ4v) is 4.82. The topological polar surface area (TPSA) is 32.6 Å². The molecule has 3 heteroatoms. The van der Waals surface area contributed by atoms with E-state index < -0.39 is 0 Å². The zero-order valence-electron chi connectivity index (χ0n) is 20.7. The van der Waals surface area contributed by atoms with E-state index in [1.807, 2.05) is 6.92 Å². The normalized spacial score (nSPS) is 20.2. The lowest BCUT2D eigenvalue weighted by atomic mass is 10.1. The molecule has 0 aliphatic carbocycles. The first kappa shape index (κ1) is 27.4. The zero-order chi connectivity index (χ0) is 21.9. The highest BCUT2D eigenvalue weighted by molar-refractivity contribution is 5.76. The molecule has 1 N–H and O–H groups in total. The summed E-state index contributed by atoms with van der Waals surface area (Å²) in [6, 6.07) is 0. The number of allylic oxidation sites excluding steroid dienone is 2. The molecule has 1 aliphatic rings. The molecule has 30 heavy (non-hydrogen) atoms. The van der Waals surface area contributed by atoms with E-state index in [4.69, 9.17) is 4.99 Å². The molecule has 1 heterocycles. The highest BCUT2D eigenvalue weighted by atomic mass is 16.3. The summed E-state index contributed by atoms with van der Waals surface area (Å²) in [6.45, 7) is 9.23. The molecule has 0 aromatic carbocycles. The molecule has 3 nitrogen and oxygen atoms in total. The molecule has 0 amide bonds. The van der Waals surface area contributed by atoms with Crippen LogP contribution in [-0.4, -0.2) is 41.3 Å². The molecule has 1 aliphatic heterocycles. The number of aliphatic imine (C=N–C) groups is 1. The van der Waals surface area contributed by atoms with Gasteiger partial charge in [-0.3, -0.25) is 4.48 Å². The molecular weight excluding hydrogens is 368 g/mol. The smallest absolute Gasteiger partial charge is 0.200 e. The third-order valence-electron chi connectivity index (χ3n) is 7.00. The average Bonchev–Trinajstić information content (AvgIpc) is 3.17. The molecule has 0 saturated heterocycles. The Bertz CT molecular complexity index is 458. The van der Waals surface area contributed by atoms with Gasteiger partial charge in [0, 0.05) is 13.3 Å². The Labute approximate surface area is 188 Å². The summed E-state index contributed by atoms with van der Waals surface area (Å²) in [5.41, 5.74) is 0. The SMILES string of the molecule is CCCCCCCC/C=C/CCCCCCCCCCC1=NCC[N+]1(CC)C(C)O. The second-order valence-corrected chi connectivity index (χ2v) is 9.40. The van der Waals surface area contributed by atoms with Crippen molar-refractivity contribution in [1.29, 1.82) is 0 Å². The molecule has 2 unspecified atom stereocenters. The number of rotatable bonds is 20. The number of hydrogen-bond acceptors (Lipinski definition) is 2. The lowest BCUT2D eigenvalue weighted by Crippen LogP contribution is -2.56. The van der Waals surface area contributed by atoms with E-state index in [1.54, 1.807) is 0 Å². The summed E-state index contributed by atoms with van der Waals surface area (Å²) in [6.07, 6.45) is 27.4. The van der Waals surface area contributed by atoms with Gasteiger partial charge in [0.15, 0.2) is 6.23 Å². The van der Waals surface area contributed by atoms with Crippen molar-refractivity contribution in [3.63, 3.8) is 0 Å². The molecule has 2 atom stereocenters. The van der Waals surface area contributed by atoms with Gasteiger partial charge in [-0.05, 0) is 39.0 Å². The van der Waals surface area contributed by atoms with Crippen LogP contribution in [0.2, 0.25) is 0 Å². The number of likely N-dealkylation sites (N-methyl/N-ethyl adjacent to an activating group) is 1. The van der Waals surface area contributed by atoms with E-state index in [1.165, 1.54) is 109 Å². The Morgan fingerprint density at radius 1 is 0.800 bits per heavy atom. The van der Waals surface area contributed by atoms with E-state index >= 15 is 0 Å². The maximum Gasteiger partial charge on any atom is 0.200 e. The minimum absolute atomic E-state index is 0.318. The molecule has 1 rings (SSSR count). The number of nitrogens with zero attached hydrogens (tertiary/aromatic N) is 2. The minimum atomic E-state index is -0.318. The summed E-state index contributed by atoms with van der Waals surface area (Å²) in [5.74, 6) is 1.25. The Morgan fingerprint density at radius 2 is 1.30 bits per heavy atom. The number of quaternary nitrogens is 1. The van der Waals surface area contributed by atoms with Gasteiger partial charge in [0.05, 0.1) is 13.1 Å². The largest absolute Gasteiger partial charge is 0.345 e. The van der Waals surface area contributed by atoms with Gasteiger partial charge in [-0.15, -0.1) is 0 Å². The summed E-state index contributed by atoms with van der Waals surface area (Å²) in [5, 5.41) is 10.2. The predicted molar refractivity (Wildman–Crippen MR) is 133 cm³/mol. The zero-order valence-corrected chi connectivity index (χ0v) is 20.7. The monoisotopic (exact) mass is 421 g/mol. The first-order valence-corrected chi connectivity index (χ1v) is 13.4. The standard InChI is InChI=1S/C27H53N2O/c1-4-6-7-8-9-10-11-12-13-14-15-16-17-18-19-20-21-22-23-27-28-24-25-29(27,5-2)26(3)30/h12-13,26,30H,4-11,14-25H2,1-3H3/q+1/b13-12+. The third kappa shape index (κ3) is 11.1. The van der Waals surface area contributed by atoms with Crippen molar-refractivity contribution in [2.24, 2.45) is 4.99 Å². The van der Waals surface area contributed by atoms with Crippen molar-refractivity contribution in [3.05, 3.63) is 12.2 Å². The Morgan fingerprint density at radius 3 is 1.80 bits per heavy atom. The third-order valence-corrected chi connectivity index (χ3v) is 7.00. The first-order chi connectivity index (χ1) is 14.7. The minimum Gasteiger partial charge on any atom is -0.345 e. The van der Waals surface area contributed by atoms with Gasteiger partial charge in [0.2, 0.25) is 5.84 Å². The van der Waals surface area contributed by atoms with E-state index in [9.17, 15) is 5.11 Å². The Hall–Kier alpha value is -0.670. The molecule has 0 saturated carbocycles. The quantitative estimate of drug-likeness (QED) is 0.121. The summed E-state index contributed by atoms with van der Waals surface area (Å²) >= 11 is 0. The van der Waals surface area contributed by atoms with Crippen LogP contribution in [0, 0.1) is 0 Å². The number of aliphatic hydroxyl groups is 1. The summed E-state index contributed by atoms with van der Waals surface area (Å²) in [4.78, 5) is 4.72. The van der Waals surface area contributed by atoms with Crippen LogP contribution < -0.4 is 0 Å². The van der Waals surface area contributed by atoms with Crippen LogP contribution in [0.5, 0.6) is 0 Å². The molecule has 176 valence electrons. The lowest BCUT2D eigenvalue weighted by Gasteiger charge is -2.36. The van der Waals surface area contributed by atoms with Gasteiger partial charge in [0.25, 0.3) is 0 Å². The van der Waals surface area contributed by atoms with Crippen molar-refractivity contribution in [2.75, 3.05) is 19.6 Å². The molecular formula is C27H53N2O+. The van der Waals surface area contributed by atoms with Crippen LogP contribution >= 0.6 is 0 Å². The molecule has 0 fully saturated rings. The fraction of sp³-hybridized carbons (Fsp3) is 0.889. The molecule has 0 aromatic heterocycles. The second kappa shape index (κ2) is 18.0. The van der Waals surface area contributed by atoms with Crippen LogP contribution in [0.1, 0.15) is 130 Å². The first-order valence-electron chi connectivity index (χ1n) is 13.4. The molecule has 0 spiro atoms. The lowest BCUT2D eigenvalue weighted by molar-refractivity contribution is -0.882. The number of amidine groups is 1. The van der Waals surface area contributed by atoms with Gasteiger partial charge in [-0.25, -0.2) is 4.99 Å². The second-order valence-electron chi connectivity index (χ2n) is 9.40. The van der Waals surface area contributed by atoms with Crippen molar-refractivity contribution in [2.45, 2.75) is 136 Å². The van der Waals surface area contributed by atoms with Crippen LogP contribution in [0.4, 0.5) is 0 Å². The van der Waals surface area contributed by atoms with Gasteiger partial charge >= 0.3 is 0 Å². The Balaban J connectivity index is 1.87. The summed E-state index contributed by atoms with van der Waals surface area (Å²) < 4.78 is 0.716. The van der Waals surface area contributed by atoms with Crippen molar-refractivity contribution < 1.29 is 9.59 Å². The number of aliphatic hydroxyl groups excluding tert-OH is 1. The average molecular weight is 422 g/mol. The van der Waals surface area contributed by atoms with Crippen molar-refractivity contribution in [1.82, 2.24) is 0 Å². The van der Waals surface area contributed by atoms with E-state index in [0.29, 0.717) is 4.48 Å². The molecule has 0 radical (unpaired) electrons. The number of unbranched alkanes of at least 4 members (excludes halogenated alkanes) is 14. The number of hydrogen-bond donors (Lipinski definition) is 1. The van der Waals surface area contributed by atoms with Crippen LogP contribution in [0.25, 0.3) is 0 Å². The highest BCUT2D eigenvalue weighted by Gasteiger charge is 2.40. The molecule has 0 aromatic rings. The fourth-order valence-electron chi connectivity index (χ4n) is 4.82. The molecule has 0 bridgehead atoms. The van der Waals surface area contributed by atoms with E-state index in [0.717, 1.165) is 26.1 Å².